The molecule has 0 bridgehead atoms. The highest BCUT2D eigenvalue weighted by Crippen LogP contribution is 2.64. The number of carbonyl (C=O) groups is 2. The Kier molecular flexibility index (Phi) is 6.44. The van der Waals surface area contributed by atoms with Crippen molar-refractivity contribution in [3.05, 3.63) is 11.6 Å². The van der Waals surface area contributed by atoms with E-state index >= 15 is 0 Å². The van der Waals surface area contributed by atoms with Crippen molar-refractivity contribution in [3.8, 4) is 0 Å². The van der Waals surface area contributed by atoms with E-state index in [4.69, 9.17) is 14.2 Å². The molecule has 30 heavy (non-hydrogen) atoms. The third-order valence-corrected chi connectivity index (χ3v) is 8.63. The summed E-state index contributed by atoms with van der Waals surface area (Å²) in [5, 5.41) is 0. The first kappa shape index (κ1) is 23.3. The number of hydrogen-bond donors (Lipinski definition) is 0. The van der Waals surface area contributed by atoms with Gasteiger partial charge in [0, 0.05) is 26.4 Å². The van der Waals surface area contributed by atoms with Gasteiger partial charge in [0.25, 0.3) is 0 Å². The van der Waals surface area contributed by atoms with Crippen LogP contribution in [0.5, 0.6) is 0 Å². The molecule has 5 heteroatoms. The lowest BCUT2D eigenvalue weighted by atomic mass is 9.45. The molecule has 3 aliphatic rings. The van der Waals surface area contributed by atoms with Crippen molar-refractivity contribution in [2.75, 3.05) is 13.7 Å². The van der Waals surface area contributed by atoms with E-state index < -0.39 is 0 Å². The summed E-state index contributed by atoms with van der Waals surface area (Å²) >= 11 is 0. The predicted molar refractivity (Wildman–Crippen MR) is 116 cm³/mol. The Morgan fingerprint density at radius 1 is 1.13 bits per heavy atom. The Morgan fingerprint density at radius 2 is 1.83 bits per heavy atom. The van der Waals surface area contributed by atoms with Crippen molar-refractivity contribution >= 4 is 11.9 Å². The lowest BCUT2D eigenvalue weighted by Gasteiger charge is -2.61. The fraction of sp³-hybridized carbons (Fsp3) is 0.840. The summed E-state index contributed by atoms with van der Waals surface area (Å²) in [4.78, 5) is 23.6. The molecule has 0 radical (unpaired) electrons. The second-order valence-electron chi connectivity index (χ2n) is 10.7. The van der Waals surface area contributed by atoms with E-state index in [0.717, 1.165) is 38.5 Å². The van der Waals surface area contributed by atoms with Crippen molar-refractivity contribution in [2.24, 2.45) is 28.6 Å². The molecule has 5 nitrogen and oxygen atoms in total. The normalized spacial score (nSPS) is 40.8. The number of carbonyl (C=O) groups excluding carboxylic acids is 2. The lowest BCUT2D eigenvalue weighted by molar-refractivity contribution is -0.165. The smallest absolute Gasteiger partial charge is 0.303 e. The first-order valence-corrected chi connectivity index (χ1v) is 11.6. The van der Waals surface area contributed by atoms with Gasteiger partial charge in [0.05, 0.1) is 12.2 Å². The molecule has 6 atom stereocenters. The van der Waals surface area contributed by atoms with Crippen LogP contribution < -0.4 is 0 Å². The van der Waals surface area contributed by atoms with Gasteiger partial charge in [-0.25, -0.2) is 0 Å². The van der Waals surface area contributed by atoms with Crippen LogP contribution in [0.1, 0.15) is 80.1 Å². The Balaban J connectivity index is 2.04. The Labute approximate surface area is 181 Å². The average molecular weight is 421 g/mol. The zero-order valence-electron chi connectivity index (χ0n) is 19.9. The second-order valence-corrected chi connectivity index (χ2v) is 10.7. The van der Waals surface area contributed by atoms with Crippen molar-refractivity contribution in [1.82, 2.24) is 0 Å². The van der Waals surface area contributed by atoms with Gasteiger partial charge in [-0.1, -0.05) is 34.1 Å². The number of rotatable bonds is 5. The standard InChI is InChI=1S/C25H40O5/c1-16(2)25(28-7)12-9-20-19(14-25)21(30-18(4)27)13-22-23(5,15-29-17(3)26)10-8-11-24(20,22)6/h14,16,20-22H,8-13,15H2,1-7H3/t20-,21+,22?,23-,24+,25+/m0/s1. The molecule has 0 spiro atoms. The molecule has 0 amide bonds. The van der Waals surface area contributed by atoms with E-state index in [1.807, 2.05) is 0 Å². The topological polar surface area (TPSA) is 61.8 Å². The van der Waals surface area contributed by atoms with Gasteiger partial charge in [0.1, 0.15) is 6.10 Å². The molecule has 0 saturated heterocycles. The van der Waals surface area contributed by atoms with Crippen LogP contribution in [-0.2, 0) is 23.8 Å². The molecule has 0 aromatic carbocycles. The quantitative estimate of drug-likeness (QED) is 0.459. The number of methoxy groups -OCH3 is 1. The van der Waals surface area contributed by atoms with Crippen molar-refractivity contribution in [3.63, 3.8) is 0 Å². The first-order chi connectivity index (χ1) is 14.0. The molecule has 3 rings (SSSR count). The minimum Gasteiger partial charge on any atom is -0.465 e. The Bertz CT molecular complexity index is 712. The summed E-state index contributed by atoms with van der Waals surface area (Å²) in [5.41, 5.74) is 0.953. The van der Waals surface area contributed by atoms with Gasteiger partial charge in [0.2, 0.25) is 0 Å². The maximum Gasteiger partial charge on any atom is 0.303 e. The third kappa shape index (κ3) is 3.94. The molecule has 1 unspecified atom stereocenters. The molecule has 2 fully saturated rings. The van der Waals surface area contributed by atoms with Crippen molar-refractivity contribution in [2.45, 2.75) is 91.8 Å². The SMILES string of the molecule is CO[C@@]1(C(C)C)C=C2[C@H](OC(C)=O)CC3[C@](C)(COC(C)=O)CCC[C@]3(C)[C@H]2CC1. The fourth-order valence-corrected chi connectivity index (χ4v) is 6.97. The summed E-state index contributed by atoms with van der Waals surface area (Å²) in [5.74, 6) is 0.577. The third-order valence-electron chi connectivity index (χ3n) is 8.63. The molecule has 2 saturated carbocycles. The molecule has 170 valence electrons. The molecule has 0 aromatic heterocycles. The second kappa shape index (κ2) is 8.29. The van der Waals surface area contributed by atoms with Gasteiger partial charge in [-0.2, -0.15) is 0 Å². The maximum atomic E-state index is 12.0. The highest BCUT2D eigenvalue weighted by Gasteiger charge is 2.59. The largest absolute Gasteiger partial charge is 0.465 e. The predicted octanol–water partition coefficient (Wildman–Crippen LogP) is 5.08. The summed E-state index contributed by atoms with van der Waals surface area (Å²) in [6.45, 7) is 12.5. The molecule has 0 heterocycles. The van der Waals surface area contributed by atoms with Crippen molar-refractivity contribution < 1.29 is 23.8 Å². The monoisotopic (exact) mass is 420 g/mol. The fourth-order valence-electron chi connectivity index (χ4n) is 6.97. The van der Waals surface area contributed by atoms with E-state index in [-0.39, 0.29) is 34.5 Å². The van der Waals surface area contributed by atoms with Crippen molar-refractivity contribution in [1.29, 1.82) is 0 Å². The number of hydrogen-bond acceptors (Lipinski definition) is 5. The molecule has 0 aliphatic heterocycles. The summed E-state index contributed by atoms with van der Waals surface area (Å²) in [7, 11) is 1.79. The van der Waals surface area contributed by atoms with Gasteiger partial charge in [0.15, 0.2) is 0 Å². The van der Waals surface area contributed by atoms with Gasteiger partial charge >= 0.3 is 11.9 Å². The van der Waals surface area contributed by atoms with Gasteiger partial charge < -0.3 is 14.2 Å². The van der Waals surface area contributed by atoms with Crippen LogP contribution in [0.25, 0.3) is 0 Å². The molecule has 0 aromatic rings. The van der Waals surface area contributed by atoms with E-state index in [2.05, 4.69) is 33.8 Å². The van der Waals surface area contributed by atoms with Crippen LogP contribution >= 0.6 is 0 Å². The molecule has 3 aliphatic carbocycles. The van der Waals surface area contributed by atoms with Crippen LogP contribution in [-0.4, -0.2) is 37.4 Å². The van der Waals surface area contributed by atoms with Crippen LogP contribution in [0.15, 0.2) is 11.6 Å². The van der Waals surface area contributed by atoms with Gasteiger partial charge in [-0.15, -0.1) is 0 Å². The summed E-state index contributed by atoms with van der Waals surface area (Å²) in [6.07, 6.45) is 8.20. The minimum absolute atomic E-state index is 0.101. The van der Waals surface area contributed by atoms with Crippen LogP contribution in [0.4, 0.5) is 0 Å². The Morgan fingerprint density at radius 3 is 2.40 bits per heavy atom. The maximum absolute atomic E-state index is 12.0. The zero-order chi connectivity index (χ0) is 22.3. The van der Waals surface area contributed by atoms with Crippen LogP contribution in [0.3, 0.4) is 0 Å². The van der Waals surface area contributed by atoms with E-state index in [0.29, 0.717) is 24.4 Å². The van der Waals surface area contributed by atoms with E-state index in [1.165, 1.54) is 19.4 Å². The molecule has 0 N–H and O–H groups in total. The summed E-state index contributed by atoms with van der Waals surface area (Å²) < 4.78 is 17.5. The van der Waals surface area contributed by atoms with Gasteiger partial charge in [-0.3, -0.25) is 9.59 Å². The summed E-state index contributed by atoms with van der Waals surface area (Å²) in [6, 6.07) is 0. The number of fused-ring (bicyclic) bond motifs is 3. The lowest BCUT2D eigenvalue weighted by Crippen LogP contribution is -2.57. The molecular weight excluding hydrogens is 380 g/mol. The highest BCUT2D eigenvalue weighted by atomic mass is 16.5. The minimum atomic E-state index is -0.302. The van der Waals surface area contributed by atoms with Gasteiger partial charge in [-0.05, 0) is 66.9 Å². The first-order valence-electron chi connectivity index (χ1n) is 11.6. The highest BCUT2D eigenvalue weighted by molar-refractivity contribution is 5.66. The molecular formula is C25H40O5. The zero-order valence-corrected chi connectivity index (χ0v) is 19.9. The average Bonchev–Trinajstić information content (AvgIpc) is 2.67. The Hall–Kier alpha value is -1.36. The number of esters is 2. The van der Waals surface area contributed by atoms with E-state index in [9.17, 15) is 9.59 Å². The number of ether oxygens (including phenoxy) is 3. The van der Waals surface area contributed by atoms with E-state index in [1.54, 1.807) is 7.11 Å². The van der Waals surface area contributed by atoms with Crippen LogP contribution in [0, 0.1) is 28.6 Å². The van der Waals surface area contributed by atoms with Crippen LogP contribution in [0.2, 0.25) is 0 Å².